The molecule has 0 unspecified atom stereocenters. The SMILES string of the molecule is CC(C)C1=C2[C@H]3CC[C@@H]4[C@@]5(C)CC[C@H](OC(=O)CC(C)(C)C(=O)O)C(C)(C)[C@@H]5CC[C@@]4(C)[C@]3(C)CC[C@@]2(c2c(Cl)c(=O)n(-c3ccc(Cl)cn3)n2C)CC1=O. The molecular weight excluding hydrogens is 737 g/mol. The number of halogens is 2. The Bertz CT molecular complexity index is 2050. The second-order valence-corrected chi connectivity index (χ2v) is 20.9. The number of carbonyl (C=O) groups is 3. The van der Waals surface area contributed by atoms with Gasteiger partial charge in [0.1, 0.15) is 11.1 Å². The number of pyridine rings is 1. The Morgan fingerprint density at radius 1 is 0.964 bits per heavy atom. The minimum atomic E-state index is -1.19. The molecule has 0 radical (unpaired) electrons. The monoisotopic (exact) mass is 795 g/mol. The highest BCUT2D eigenvalue weighted by Gasteiger charge is 2.71. The quantitative estimate of drug-likeness (QED) is 0.277. The maximum Gasteiger partial charge on any atom is 0.309 e. The van der Waals surface area contributed by atoms with Crippen LogP contribution in [0, 0.1) is 50.7 Å². The molecule has 4 fully saturated rings. The number of nitrogens with zero attached hydrogens (tertiary/aromatic N) is 3. The summed E-state index contributed by atoms with van der Waals surface area (Å²) >= 11 is 13.3. The van der Waals surface area contributed by atoms with E-state index >= 15 is 0 Å². The number of fused-ring (bicyclic) bond motifs is 7. The average molecular weight is 797 g/mol. The average Bonchev–Trinajstić information content (AvgIpc) is 3.51. The molecule has 300 valence electrons. The zero-order valence-corrected chi connectivity index (χ0v) is 35.8. The summed E-state index contributed by atoms with van der Waals surface area (Å²) in [5, 5.41) is 10.3. The number of carboxylic acid groups (broad SMARTS) is 1. The van der Waals surface area contributed by atoms with E-state index in [0.29, 0.717) is 34.8 Å². The lowest BCUT2D eigenvalue weighted by Gasteiger charge is -2.72. The number of aromatic nitrogens is 3. The van der Waals surface area contributed by atoms with Crippen LogP contribution in [0.4, 0.5) is 0 Å². The molecule has 9 nitrogen and oxygen atoms in total. The van der Waals surface area contributed by atoms with E-state index in [2.05, 4.69) is 53.5 Å². The molecule has 7 rings (SSSR count). The summed E-state index contributed by atoms with van der Waals surface area (Å²) in [4.78, 5) is 57.7. The number of Topliss-reactive ketones (excluding diaryl/α,β-unsaturated/α-hetero) is 1. The standard InChI is InChI=1S/C44H59Cl2N3O6/c1-24(2)33-27(50)21-44(36-35(46)37(52)49(48(36)10)31-14-11-25(45)23-47-31)20-19-42(8)26(34(33)44)12-13-29-41(7)17-16-30(55-32(51)22-39(3,4)38(53)54)40(5,6)28(41)15-18-43(29,42)9/h11,14,23-24,26,28-30H,12-13,15-22H2,1-10H3,(H,53,54)/t26-,28+,29-,30+,41+,42-,43-,44-/m1/s1. The number of ether oxygens (including phenoxy) is 1. The summed E-state index contributed by atoms with van der Waals surface area (Å²) in [5.41, 5.74) is 0.236. The highest BCUT2D eigenvalue weighted by Crippen LogP contribution is 2.77. The number of aliphatic carboxylic acids is 1. The number of hydrogen-bond donors (Lipinski definition) is 1. The van der Waals surface area contributed by atoms with E-state index in [1.165, 1.54) is 16.5 Å². The van der Waals surface area contributed by atoms with Gasteiger partial charge in [-0.1, -0.05) is 71.7 Å². The maximum absolute atomic E-state index is 14.4. The van der Waals surface area contributed by atoms with Gasteiger partial charge in [-0.2, -0.15) is 4.68 Å². The predicted molar refractivity (Wildman–Crippen MR) is 213 cm³/mol. The van der Waals surface area contributed by atoms with Crippen LogP contribution in [0.2, 0.25) is 10.0 Å². The normalized spacial score (nSPS) is 35.5. The molecule has 11 heteroatoms. The smallest absolute Gasteiger partial charge is 0.309 e. The molecule has 4 saturated carbocycles. The van der Waals surface area contributed by atoms with Crippen molar-refractivity contribution in [2.45, 2.75) is 138 Å². The predicted octanol–water partition coefficient (Wildman–Crippen LogP) is 9.52. The third-order valence-electron chi connectivity index (χ3n) is 16.4. The molecule has 0 aliphatic heterocycles. The molecule has 5 aliphatic carbocycles. The van der Waals surface area contributed by atoms with E-state index in [9.17, 15) is 24.3 Å². The van der Waals surface area contributed by atoms with Gasteiger partial charge in [0, 0.05) is 30.5 Å². The van der Waals surface area contributed by atoms with E-state index in [-0.39, 0.29) is 62.4 Å². The van der Waals surface area contributed by atoms with Crippen molar-refractivity contribution in [1.82, 2.24) is 14.3 Å². The molecule has 0 aromatic carbocycles. The van der Waals surface area contributed by atoms with Crippen molar-refractivity contribution in [3.8, 4) is 5.82 Å². The zero-order valence-electron chi connectivity index (χ0n) is 34.3. The molecular formula is C44H59Cl2N3O6. The number of esters is 1. The van der Waals surface area contributed by atoms with Crippen LogP contribution < -0.4 is 5.56 Å². The van der Waals surface area contributed by atoms with E-state index < -0.39 is 22.8 Å². The van der Waals surface area contributed by atoms with Gasteiger partial charge in [0.25, 0.3) is 5.56 Å². The van der Waals surface area contributed by atoms with E-state index in [1.807, 2.05) is 11.7 Å². The van der Waals surface area contributed by atoms with Gasteiger partial charge in [0.2, 0.25) is 0 Å². The number of hydrogen-bond acceptors (Lipinski definition) is 6. The van der Waals surface area contributed by atoms with Crippen molar-refractivity contribution >= 4 is 40.9 Å². The van der Waals surface area contributed by atoms with Crippen molar-refractivity contribution < 1.29 is 24.2 Å². The maximum atomic E-state index is 14.4. The molecule has 0 amide bonds. The largest absolute Gasteiger partial charge is 0.481 e. The third kappa shape index (κ3) is 5.61. The zero-order chi connectivity index (χ0) is 40.4. The van der Waals surface area contributed by atoms with E-state index in [4.69, 9.17) is 27.9 Å². The van der Waals surface area contributed by atoms with Crippen LogP contribution >= 0.6 is 23.2 Å². The van der Waals surface area contributed by atoms with Crippen LogP contribution in [-0.4, -0.2) is 43.3 Å². The van der Waals surface area contributed by atoms with Crippen molar-refractivity contribution in [1.29, 1.82) is 0 Å². The highest BCUT2D eigenvalue weighted by atomic mass is 35.5. The summed E-state index contributed by atoms with van der Waals surface area (Å²) in [7, 11) is 1.86. The molecule has 55 heavy (non-hydrogen) atoms. The lowest BCUT2D eigenvalue weighted by atomic mass is 9.33. The van der Waals surface area contributed by atoms with Crippen LogP contribution in [0.3, 0.4) is 0 Å². The first-order valence-electron chi connectivity index (χ1n) is 20.3. The van der Waals surface area contributed by atoms with Crippen molar-refractivity contribution in [3.05, 3.63) is 55.6 Å². The molecule has 0 bridgehead atoms. The van der Waals surface area contributed by atoms with Crippen LogP contribution in [0.1, 0.15) is 132 Å². The first-order valence-corrected chi connectivity index (χ1v) is 21.0. The van der Waals surface area contributed by atoms with Gasteiger partial charge in [0.05, 0.1) is 22.6 Å². The number of ketones is 1. The molecule has 0 spiro atoms. The van der Waals surface area contributed by atoms with Crippen LogP contribution in [0.5, 0.6) is 0 Å². The van der Waals surface area contributed by atoms with Crippen LogP contribution in [0.15, 0.2) is 34.3 Å². The second-order valence-electron chi connectivity index (χ2n) is 20.1. The molecule has 2 aromatic heterocycles. The minimum Gasteiger partial charge on any atom is -0.481 e. The third-order valence-corrected chi connectivity index (χ3v) is 17.0. The van der Waals surface area contributed by atoms with Gasteiger partial charge in [-0.3, -0.25) is 23.9 Å². The number of carbonyl (C=O) groups excluding carboxylic acids is 2. The second kappa shape index (κ2) is 13.1. The van der Waals surface area contributed by atoms with Crippen LogP contribution in [-0.2, 0) is 31.6 Å². The summed E-state index contributed by atoms with van der Waals surface area (Å²) < 4.78 is 9.53. The fourth-order valence-corrected chi connectivity index (χ4v) is 14.1. The summed E-state index contributed by atoms with van der Waals surface area (Å²) in [6.07, 6.45) is 8.74. The Hall–Kier alpha value is -2.91. The Morgan fingerprint density at radius 2 is 1.65 bits per heavy atom. The van der Waals surface area contributed by atoms with Gasteiger partial charge in [-0.25, -0.2) is 4.98 Å². The molecule has 8 atom stereocenters. The summed E-state index contributed by atoms with van der Waals surface area (Å²) in [6, 6.07) is 3.42. The number of rotatable bonds is 7. The molecule has 5 aliphatic rings. The Labute approximate surface area is 335 Å². The molecule has 1 N–H and O–H groups in total. The highest BCUT2D eigenvalue weighted by molar-refractivity contribution is 6.31. The van der Waals surface area contributed by atoms with Gasteiger partial charge in [0.15, 0.2) is 11.6 Å². The van der Waals surface area contributed by atoms with Crippen LogP contribution in [0.25, 0.3) is 5.82 Å². The van der Waals surface area contributed by atoms with Gasteiger partial charge in [-0.15, -0.1) is 0 Å². The topological polar surface area (TPSA) is 120 Å². The molecule has 0 saturated heterocycles. The molecule has 2 aromatic rings. The summed E-state index contributed by atoms with van der Waals surface area (Å²) in [5.74, 6) is 0.0853. The number of allylic oxidation sites excluding steroid dienone is 2. The lowest BCUT2D eigenvalue weighted by Crippen LogP contribution is -2.66. The van der Waals surface area contributed by atoms with E-state index in [1.54, 1.807) is 26.0 Å². The van der Waals surface area contributed by atoms with Crippen molar-refractivity contribution in [2.75, 3.05) is 0 Å². The fraction of sp³-hybridized carbons (Fsp3) is 0.705. The minimum absolute atomic E-state index is 0.0129. The van der Waals surface area contributed by atoms with E-state index in [0.717, 1.165) is 56.9 Å². The van der Waals surface area contributed by atoms with Crippen molar-refractivity contribution in [3.63, 3.8) is 0 Å². The first-order chi connectivity index (χ1) is 25.5. The fourth-order valence-electron chi connectivity index (χ4n) is 13.6. The summed E-state index contributed by atoms with van der Waals surface area (Å²) in [6.45, 7) is 19.4. The van der Waals surface area contributed by atoms with Crippen molar-refractivity contribution in [2.24, 2.45) is 57.8 Å². The Morgan fingerprint density at radius 3 is 2.27 bits per heavy atom. The van der Waals surface area contributed by atoms with Gasteiger partial charge >= 0.3 is 11.9 Å². The Balaban J connectivity index is 1.26. The van der Waals surface area contributed by atoms with Gasteiger partial charge in [-0.05, 0) is 128 Å². The first kappa shape index (κ1) is 40.3. The lowest BCUT2D eigenvalue weighted by molar-refractivity contribution is -0.232. The molecule has 2 heterocycles. The number of carboxylic acids is 1. The van der Waals surface area contributed by atoms with Gasteiger partial charge < -0.3 is 9.84 Å². The Kier molecular flexibility index (Phi) is 9.56.